The molecule has 1 aliphatic rings. The summed E-state index contributed by atoms with van der Waals surface area (Å²) in [6.07, 6.45) is 4.89. The third-order valence-corrected chi connectivity index (χ3v) is 4.49. The van der Waals surface area contributed by atoms with Crippen molar-refractivity contribution in [1.29, 1.82) is 0 Å². The van der Waals surface area contributed by atoms with Crippen LogP contribution in [0.1, 0.15) is 32.4 Å². The van der Waals surface area contributed by atoms with Crippen molar-refractivity contribution >= 4 is 22.1 Å². The predicted octanol–water partition coefficient (Wildman–Crippen LogP) is 2.74. The molecule has 1 aliphatic carbocycles. The van der Waals surface area contributed by atoms with E-state index in [0.717, 1.165) is 24.0 Å². The van der Waals surface area contributed by atoms with Crippen LogP contribution >= 0.6 is 11.3 Å². The molecule has 0 radical (unpaired) electrons. The van der Waals surface area contributed by atoms with Crippen LogP contribution in [0.2, 0.25) is 0 Å². The van der Waals surface area contributed by atoms with Crippen molar-refractivity contribution in [2.45, 2.75) is 39.3 Å². The van der Waals surface area contributed by atoms with E-state index in [0.29, 0.717) is 6.04 Å². The second-order valence-electron chi connectivity index (χ2n) is 5.66. The van der Waals surface area contributed by atoms with Crippen molar-refractivity contribution in [2.24, 2.45) is 5.92 Å². The lowest BCUT2D eigenvalue weighted by molar-refractivity contribution is 0.631. The normalized spacial score (nSPS) is 15.6. The zero-order valence-electron chi connectivity index (χ0n) is 11.9. The minimum absolute atomic E-state index is 0.501. The van der Waals surface area contributed by atoms with Gasteiger partial charge in [-0.2, -0.15) is 0 Å². The van der Waals surface area contributed by atoms with Crippen LogP contribution in [0, 0.1) is 5.92 Å². The maximum Gasteiger partial charge on any atom is 0.195 e. The van der Waals surface area contributed by atoms with Crippen molar-refractivity contribution in [3.05, 3.63) is 17.3 Å². The highest BCUT2D eigenvalue weighted by Crippen LogP contribution is 2.34. The molecular weight excluding hydrogens is 256 g/mol. The molecule has 0 spiro atoms. The number of aromatic nitrogens is 2. The first-order valence-corrected chi connectivity index (χ1v) is 7.94. The predicted molar refractivity (Wildman–Crippen MR) is 81.0 cm³/mol. The van der Waals surface area contributed by atoms with E-state index in [1.807, 2.05) is 7.05 Å². The first kappa shape index (κ1) is 12.9. The molecule has 0 aliphatic heterocycles. The van der Waals surface area contributed by atoms with Gasteiger partial charge < -0.3 is 10.2 Å². The van der Waals surface area contributed by atoms with Gasteiger partial charge in [-0.05, 0) is 39.7 Å². The topological polar surface area (TPSA) is 32.6 Å². The standard InChI is InChI=1S/C14H22N4S/c1-10(2)18(9-11-4-5-11)13-12(8-15-3)17-6-7-19-14(17)16-13/h6-7,10-11,15H,4-5,8-9H2,1-3H3. The van der Waals surface area contributed by atoms with Gasteiger partial charge in [-0.15, -0.1) is 11.3 Å². The zero-order chi connectivity index (χ0) is 13.4. The molecule has 0 atom stereocenters. The molecule has 0 saturated heterocycles. The average Bonchev–Trinajstić information content (AvgIpc) is 2.97. The molecule has 2 aromatic rings. The van der Waals surface area contributed by atoms with Crippen LogP contribution in [-0.2, 0) is 6.54 Å². The first-order chi connectivity index (χ1) is 9.20. The largest absolute Gasteiger partial charge is 0.352 e. The molecule has 1 saturated carbocycles. The Morgan fingerprint density at radius 1 is 1.53 bits per heavy atom. The summed E-state index contributed by atoms with van der Waals surface area (Å²) in [4.78, 5) is 8.44. The smallest absolute Gasteiger partial charge is 0.195 e. The maximum absolute atomic E-state index is 4.86. The third-order valence-electron chi connectivity index (χ3n) is 3.73. The molecule has 1 N–H and O–H groups in total. The number of hydrogen-bond donors (Lipinski definition) is 1. The molecule has 0 unspecified atom stereocenters. The van der Waals surface area contributed by atoms with E-state index in [1.54, 1.807) is 11.3 Å². The zero-order valence-corrected chi connectivity index (χ0v) is 12.7. The monoisotopic (exact) mass is 278 g/mol. The fourth-order valence-electron chi connectivity index (χ4n) is 2.50. The van der Waals surface area contributed by atoms with Gasteiger partial charge in [-0.3, -0.25) is 4.40 Å². The minimum Gasteiger partial charge on any atom is -0.352 e. The Hall–Kier alpha value is -1.07. The lowest BCUT2D eigenvalue weighted by Gasteiger charge is -2.28. The van der Waals surface area contributed by atoms with Crippen molar-refractivity contribution in [1.82, 2.24) is 14.7 Å². The molecule has 0 amide bonds. The second kappa shape index (κ2) is 5.13. The summed E-state index contributed by atoms with van der Waals surface area (Å²) in [6.45, 7) is 6.54. The molecule has 3 rings (SSSR count). The van der Waals surface area contributed by atoms with E-state index in [2.05, 4.69) is 40.0 Å². The lowest BCUT2D eigenvalue weighted by Crippen LogP contribution is -2.34. The summed E-state index contributed by atoms with van der Waals surface area (Å²) in [7, 11) is 2.00. The third kappa shape index (κ3) is 2.49. The summed E-state index contributed by atoms with van der Waals surface area (Å²) in [5, 5.41) is 5.38. The Labute approximate surface area is 118 Å². The van der Waals surface area contributed by atoms with E-state index in [4.69, 9.17) is 4.98 Å². The van der Waals surface area contributed by atoms with Crippen LogP contribution in [0.3, 0.4) is 0 Å². The molecule has 19 heavy (non-hydrogen) atoms. The van der Waals surface area contributed by atoms with Crippen molar-refractivity contribution < 1.29 is 0 Å². The molecule has 5 heteroatoms. The molecule has 0 aromatic carbocycles. The van der Waals surface area contributed by atoms with E-state index < -0.39 is 0 Å². The summed E-state index contributed by atoms with van der Waals surface area (Å²) in [6, 6.07) is 0.501. The Morgan fingerprint density at radius 2 is 2.32 bits per heavy atom. The van der Waals surface area contributed by atoms with E-state index in [1.165, 1.54) is 24.4 Å². The highest BCUT2D eigenvalue weighted by atomic mass is 32.1. The first-order valence-electron chi connectivity index (χ1n) is 7.06. The van der Waals surface area contributed by atoms with Gasteiger partial charge in [-0.1, -0.05) is 0 Å². The van der Waals surface area contributed by atoms with Crippen LogP contribution in [0.4, 0.5) is 5.82 Å². The van der Waals surface area contributed by atoms with Gasteiger partial charge in [-0.25, -0.2) is 4.98 Å². The molecule has 1 fully saturated rings. The number of thiazole rings is 1. The Bertz CT molecular complexity index is 553. The summed E-state index contributed by atoms with van der Waals surface area (Å²) in [5.74, 6) is 2.05. The van der Waals surface area contributed by atoms with Crippen LogP contribution in [0.15, 0.2) is 11.6 Å². The van der Waals surface area contributed by atoms with Gasteiger partial charge in [0.15, 0.2) is 10.8 Å². The Kier molecular flexibility index (Phi) is 3.50. The molecule has 4 nitrogen and oxygen atoms in total. The van der Waals surface area contributed by atoms with Gasteiger partial charge >= 0.3 is 0 Å². The van der Waals surface area contributed by atoms with Crippen LogP contribution in [0.25, 0.3) is 4.96 Å². The number of fused-ring (bicyclic) bond motifs is 1. The number of anilines is 1. The van der Waals surface area contributed by atoms with Crippen molar-refractivity contribution in [3.63, 3.8) is 0 Å². The van der Waals surface area contributed by atoms with Crippen molar-refractivity contribution in [2.75, 3.05) is 18.5 Å². The van der Waals surface area contributed by atoms with Crippen molar-refractivity contribution in [3.8, 4) is 0 Å². The lowest BCUT2D eigenvalue weighted by atomic mass is 10.2. The summed E-state index contributed by atoms with van der Waals surface area (Å²) >= 11 is 1.71. The molecular formula is C14H22N4S. The summed E-state index contributed by atoms with van der Waals surface area (Å²) < 4.78 is 2.22. The second-order valence-corrected chi connectivity index (χ2v) is 6.53. The van der Waals surface area contributed by atoms with Gasteiger partial charge in [0.2, 0.25) is 0 Å². The van der Waals surface area contributed by atoms with E-state index in [9.17, 15) is 0 Å². The van der Waals surface area contributed by atoms with Crippen LogP contribution in [-0.4, -0.2) is 29.0 Å². The number of rotatable bonds is 6. The molecule has 104 valence electrons. The van der Waals surface area contributed by atoms with Gasteiger partial charge in [0, 0.05) is 30.7 Å². The van der Waals surface area contributed by atoms with E-state index >= 15 is 0 Å². The fourth-order valence-corrected chi connectivity index (χ4v) is 3.23. The Morgan fingerprint density at radius 3 is 2.95 bits per heavy atom. The number of nitrogens with one attached hydrogen (secondary N) is 1. The number of imidazole rings is 1. The minimum atomic E-state index is 0.501. The van der Waals surface area contributed by atoms with Gasteiger partial charge in [0.1, 0.15) is 0 Å². The highest BCUT2D eigenvalue weighted by molar-refractivity contribution is 7.15. The maximum atomic E-state index is 4.86. The number of hydrogen-bond acceptors (Lipinski definition) is 4. The van der Waals surface area contributed by atoms with Gasteiger partial charge in [0.25, 0.3) is 0 Å². The molecule has 2 heterocycles. The number of nitrogens with zero attached hydrogens (tertiary/aromatic N) is 3. The molecule has 0 bridgehead atoms. The highest BCUT2D eigenvalue weighted by Gasteiger charge is 2.28. The Balaban J connectivity index is 1.99. The van der Waals surface area contributed by atoms with Crippen LogP contribution in [0.5, 0.6) is 0 Å². The fraction of sp³-hybridized carbons (Fsp3) is 0.643. The van der Waals surface area contributed by atoms with E-state index in [-0.39, 0.29) is 0 Å². The average molecular weight is 278 g/mol. The molecule has 2 aromatic heterocycles. The van der Waals surface area contributed by atoms with Gasteiger partial charge in [0.05, 0.1) is 5.69 Å². The van der Waals surface area contributed by atoms with Crippen LogP contribution < -0.4 is 10.2 Å². The quantitative estimate of drug-likeness (QED) is 0.882. The SMILES string of the molecule is CNCc1c(N(CC2CC2)C(C)C)nc2sccn12. The summed E-state index contributed by atoms with van der Waals surface area (Å²) in [5.41, 5.74) is 1.29.